The summed E-state index contributed by atoms with van der Waals surface area (Å²) < 4.78 is 2.64. The quantitative estimate of drug-likeness (QED) is 0.148. The minimum Gasteiger partial charge on any atom is -0.309 e. The Labute approximate surface area is 372 Å². The molecule has 0 radical (unpaired) electrons. The first-order valence-corrected chi connectivity index (χ1v) is 22.5. The van der Waals surface area contributed by atoms with Crippen molar-refractivity contribution in [3.63, 3.8) is 0 Å². The molecule has 2 heteroatoms. The number of nitrogens with zero attached hydrogens (tertiary/aromatic N) is 1. The van der Waals surface area contributed by atoms with Crippen molar-refractivity contribution in [2.75, 3.05) is 4.90 Å². The second kappa shape index (κ2) is 15.3. The third-order valence-electron chi connectivity index (χ3n) is 13.0. The molecular formula is C61H41NS. The van der Waals surface area contributed by atoms with Crippen LogP contribution in [0.2, 0.25) is 0 Å². The van der Waals surface area contributed by atoms with E-state index in [0.717, 1.165) is 28.2 Å². The van der Waals surface area contributed by atoms with Crippen LogP contribution in [0.25, 0.3) is 64.7 Å². The summed E-state index contributed by atoms with van der Waals surface area (Å²) in [5.41, 5.74) is 17.4. The van der Waals surface area contributed by atoms with Gasteiger partial charge in [-0.1, -0.05) is 206 Å². The highest BCUT2D eigenvalue weighted by Gasteiger charge is 2.46. The predicted octanol–water partition coefficient (Wildman–Crippen LogP) is 16.9. The molecule has 0 saturated heterocycles. The van der Waals surface area contributed by atoms with Crippen LogP contribution >= 0.6 is 11.3 Å². The fourth-order valence-corrected chi connectivity index (χ4v) is 11.3. The number of anilines is 3. The third kappa shape index (κ3) is 6.06. The van der Waals surface area contributed by atoms with E-state index in [1.165, 1.54) is 75.8 Å². The van der Waals surface area contributed by atoms with Crippen LogP contribution < -0.4 is 4.90 Å². The second-order valence-corrected chi connectivity index (χ2v) is 17.5. The fraction of sp³-hybridized carbons (Fsp3) is 0.0164. The van der Waals surface area contributed by atoms with Gasteiger partial charge in [0, 0.05) is 42.7 Å². The summed E-state index contributed by atoms with van der Waals surface area (Å²) in [4.78, 5) is 2.51. The molecule has 0 bridgehead atoms. The second-order valence-electron chi connectivity index (χ2n) is 16.4. The molecule has 0 atom stereocenters. The van der Waals surface area contributed by atoms with E-state index >= 15 is 0 Å². The summed E-state index contributed by atoms with van der Waals surface area (Å²) in [5.74, 6) is 0. The summed E-state index contributed by atoms with van der Waals surface area (Å²) in [6, 6.07) is 91.7. The zero-order valence-electron chi connectivity index (χ0n) is 34.5. The van der Waals surface area contributed by atoms with Gasteiger partial charge in [-0.15, -0.1) is 11.3 Å². The van der Waals surface area contributed by atoms with Crippen molar-refractivity contribution in [3.05, 3.63) is 271 Å². The van der Waals surface area contributed by atoms with Crippen LogP contribution in [-0.4, -0.2) is 0 Å². The minimum atomic E-state index is -0.536. The molecule has 63 heavy (non-hydrogen) atoms. The molecule has 0 aliphatic heterocycles. The van der Waals surface area contributed by atoms with E-state index < -0.39 is 5.41 Å². The van der Waals surface area contributed by atoms with Crippen LogP contribution in [0, 0.1) is 0 Å². The maximum absolute atomic E-state index is 2.51. The molecule has 0 spiro atoms. The number of para-hydroxylation sites is 1. The molecule has 11 aromatic rings. The largest absolute Gasteiger partial charge is 0.309 e. The molecule has 0 amide bonds. The molecule has 12 rings (SSSR count). The molecule has 10 aromatic carbocycles. The number of hydrogen-bond donors (Lipinski definition) is 0. The highest BCUT2D eigenvalue weighted by atomic mass is 32.1. The molecule has 0 N–H and O–H groups in total. The Morgan fingerprint density at radius 2 is 0.810 bits per heavy atom. The lowest BCUT2D eigenvalue weighted by Gasteiger charge is -2.35. The zero-order valence-corrected chi connectivity index (χ0v) is 35.3. The Morgan fingerprint density at radius 1 is 0.302 bits per heavy atom. The molecule has 0 unspecified atom stereocenters. The first-order valence-electron chi connectivity index (χ1n) is 21.7. The molecule has 296 valence electrons. The highest BCUT2D eigenvalue weighted by molar-refractivity contribution is 7.25. The van der Waals surface area contributed by atoms with Crippen molar-refractivity contribution in [1.82, 2.24) is 0 Å². The zero-order chi connectivity index (χ0) is 41.7. The molecule has 1 heterocycles. The van der Waals surface area contributed by atoms with E-state index in [4.69, 9.17) is 0 Å². The summed E-state index contributed by atoms with van der Waals surface area (Å²) in [5, 5.41) is 2.62. The Kier molecular flexibility index (Phi) is 8.98. The van der Waals surface area contributed by atoms with E-state index in [0.29, 0.717) is 0 Å². The molecule has 0 fully saturated rings. The van der Waals surface area contributed by atoms with E-state index in [-0.39, 0.29) is 0 Å². The Bertz CT molecular complexity index is 3330. The number of hydrogen-bond acceptors (Lipinski definition) is 2. The van der Waals surface area contributed by atoms with Gasteiger partial charge < -0.3 is 4.90 Å². The van der Waals surface area contributed by atoms with Crippen molar-refractivity contribution in [2.45, 2.75) is 5.41 Å². The highest BCUT2D eigenvalue weighted by Crippen LogP contribution is 2.58. The molecular weight excluding hydrogens is 779 g/mol. The monoisotopic (exact) mass is 819 g/mol. The average Bonchev–Trinajstić information content (AvgIpc) is 3.89. The molecule has 1 aliphatic carbocycles. The van der Waals surface area contributed by atoms with Crippen molar-refractivity contribution >= 4 is 48.6 Å². The van der Waals surface area contributed by atoms with Crippen LogP contribution in [0.4, 0.5) is 17.1 Å². The summed E-state index contributed by atoms with van der Waals surface area (Å²) in [6.07, 6.45) is 0. The van der Waals surface area contributed by atoms with Gasteiger partial charge in [0.25, 0.3) is 0 Å². The van der Waals surface area contributed by atoms with E-state index in [1.807, 2.05) is 11.3 Å². The normalized spacial score (nSPS) is 12.6. The number of thiophene rings is 1. The third-order valence-corrected chi connectivity index (χ3v) is 14.1. The minimum absolute atomic E-state index is 0.536. The lowest BCUT2D eigenvalue weighted by atomic mass is 9.67. The van der Waals surface area contributed by atoms with Gasteiger partial charge in [0.1, 0.15) is 0 Å². The van der Waals surface area contributed by atoms with E-state index in [1.54, 1.807) is 0 Å². The smallest absolute Gasteiger partial charge is 0.0714 e. The lowest BCUT2D eigenvalue weighted by Crippen LogP contribution is -2.28. The fourth-order valence-electron chi connectivity index (χ4n) is 10.2. The van der Waals surface area contributed by atoms with Gasteiger partial charge in [-0.25, -0.2) is 0 Å². The van der Waals surface area contributed by atoms with Crippen molar-refractivity contribution in [3.8, 4) is 44.5 Å². The van der Waals surface area contributed by atoms with Gasteiger partial charge in [-0.3, -0.25) is 0 Å². The van der Waals surface area contributed by atoms with Crippen molar-refractivity contribution in [2.24, 2.45) is 0 Å². The van der Waals surface area contributed by atoms with Crippen LogP contribution in [0.1, 0.15) is 22.3 Å². The first-order chi connectivity index (χ1) is 31.3. The van der Waals surface area contributed by atoms with Crippen molar-refractivity contribution in [1.29, 1.82) is 0 Å². The molecule has 0 saturated carbocycles. The summed E-state index contributed by atoms with van der Waals surface area (Å²) in [7, 11) is 0. The molecule has 1 aromatic heterocycles. The predicted molar refractivity (Wildman–Crippen MR) is 268 cm³/mol. The topological polar surface area (TPSA) is 3.24 Å². The Balaban J connectivity index is 1.12. The van der Waals surface area contributed by atoms with E-state index in [2.05, 4.69) is 254 Å². The standard InChI is InChI=1S/C61H41NS/c1-5-18-43(19-6-1)50-28-17-29-51(44-20-7-2-8-21-44)60(50)62(48-35-32-42(33-36-48)45-34-39-59-55(40-45)54-27-14-16-31-58(54)63-59)49-37-38-53-52-26-13-15-30-56(52)61(57(53)41-49,46-22-9-3-10-23-46)47-24-11-4-12-25-47/h1-41H. The summed E-state index contributed by atoms with van der Waals surface area (Å²) in [6.45, 7) is 0. The van der Waals surface area contributed by atoms with Crippen LogP contribution in [0.5, 0.6) is 0 Å². The van der Waals surface area contributed by atoms with Gasteiger partial charge in [0.2, 0.25) is 0 Å². The number of benzene rings is 10. The SMILES string of the molecule is c1ccc(-c2cccc(-c3ccccc3)c2N(c2ccc(-c3ccc4sc5ccccc5c4c3)cc2)c2ccc3c(c2)C(c2ccccc2)(c2ccccc2)c2ccccc2-3)cc1. The van der Waals surface area contributed by atoms with Crippen LogP contribution in [-0.2, 0) is 5.41 Å². The van der Waals surface area contributed by atoms with Crippen LogP contribution in [0.15, 0.2) is 249 Å². The Hall–Kier alpha value is -7.78. The van der Waals surface area contributed by atoms with Gasteiger partial charge >= 0.3 is 0 Å². The van der Waals surface area contributed by atoms with Gasteiger partial charge in [-0.05, 0) is 98.1 Å². The maximum Gasteiger partial charge on any atom is 0.0714 e. The van der Waals surface area contributed by atoms with Gasteiger partial charge in [0.05, 0.1) is 11.1 Å². The first kappa shape index (κ1) is 37.0. The van der Waals surface area contributed by atoms with E-state index in [9.17, 15) is 0 Å². The maximum atomic E-state index is 2.51. The summed E-state index contributed by atoms with van der Waals surface area (Å²) >= 11 is 1.86. The van der Waals surface area contributed by atoms with Gasteiger partial charge in [-0.2, -0.15) is 0 Å². The lowest BCUT2D eigenvalue weighted by molar-refractivity contribution is 0.768. The number of rotatable bonds is 8. The van der Waals surface area contributed by atoms with Crippen LogP contribution in [0.3, 0.4) is 0 Å². The average molecular weight is 820 g/mol. The molecule has 1 aliphatic rings. The van der Waals surface area contributed by atoms with Gasteiger partial charge in [0.15, 0.2) is 0 Å². The molecule has 1 nitrogen and oxygen atoms in total. The van der Waals surface area contributed by atoms with Crippen molar-refractivity contribution < 1.29 is 0 Å². The number of fused-ring (bicyclic) bond motifs is 6. The Morgan fingerprint density at radius 3 is 1.48 bits per heavy atom.